The van der Waals surface area contributed by atoms with Crippen molar-refractivity contribution in [2.75, 3.05) is 20.2 Å². The fourth-order valence-electron chi connectivity index (χ4n) is 2.49. The summed E-state index contributed by atoms with van der Waals surface area (Å²) in [6.07, 6.45) is 0.481. The topological polar surface area (TPSA) is 64.6 Å². The number of carbonyl (C=O) groups excluding carboxylic acids is 1. The Morgan fingerprint density at radius 2 is 2.04 bits per heavy atom. The molecule has 126 valence electrons. The van der Waals surface area contributed by atoms with Gasteiger partial charge in [-0.1, -0.05) is 11.6 Å². The molecular formula is C16H15ClFN3O3. The number of carbonyl (C=O) groups is 1. The average molecular weight is 352 g/mol. The van der Waals surface area contributed by atoms with Crippen molar-refractivity contribution in [2.24, 2.45) is 0 Å². The van der Waals surface area contributed by atoms with Crippen molar-refractivity contribution < 1.29 is 18.7 Å². The molecule has 0 aliphatic carbocycles. The van der Waals surface area contributed by atoms with Crippen molar-refractivity contribution >= 4 is 17.5 Å². The van der Waals surface area contributed by atoms with Gasteiger partial charge in [0.05, 0.1) is 24.2 Å². The fourth-order valence-corrected chi connectivity index (χ4v) is 2.74. The van der Waals surface area contributed by atoms with Crippen LogP contribution in [0.25, 0.3) is 0 Å². The van der Waals surface area contributed by atoms with Crippen LogP contribution in [0.1, 0.15) is 16.8 Å². The minimum Gasteiger partial charge on any atom is -0.480 e. The summed E-state index contributed by atoms with van der Waals surface area (Å²) in [6, 6.07) is 7.05. The Labute approximate surface area is 143 Å². The van der Waals surface area contributed by atoms with Crippen LogP contribution in [0.2, 0.25) is 5.02 Å². The third kappa shape index (κ3) is 3.56. The summed E-state index contributed by atoms with van der Waals surface area (Å²) >= 11 is 5.95. The summed E-state index contributed by atoms with van der Waals surface area (Å²) in [5.74, 6) is 0.0515. The highest BCUT2D eigenvalue weighted by Gasteiger charge is 2.29. The van der Waals surface area contributed by atoms with E-state index in [4.69, 9.17) is 21.1 Å². The number of methoxy groups -OCH3 is 1. The lowest BCUT2D eigenvalue weighted by molar-refractivity contribution is 0.0771. The van der Waals surface area contributed by atoms with Crippen molar-refractivity contribution in [3.8, 4) is 11.8 Å². The van der Waals surface area contributed by atoms with Crippen molar-refractivity contribution in [3.63, 3.8) is 0 Å². The van der Waals surface area contributed by atoms with Gasteiger partial charge in [-0.3, -0.25) is 4.79 Å². The van der Waals surface area contributed by atoms with Crippen molar-refractivity contribution in [2.45, 2.75) is 12.5 Å². The minimum absolute atomic E-state index is 0.102. The Kier molecular flexibility index (Phi) is 4.80. The zero-order valence-corrected chi connectivity index (χ0v) is 13.7. The summed E-state index contributed by atoms with van der Waals surface area (Å²) in [5.41, 5.74) is 0.281. The number of likely N-dealkylation sites (tertiary alicyclic amines) is 1. The Morgan fingerprint density at radius 3 is 2.71 bits per heavy atom. The number of hydrogen-bond donors (Lipinski definition) is 0. The second-order valence-corrected chi connectivity index (χ2v) is 5.73. The van der Waals surface area contributed by atoms with Crippen molar-refractivity contribution in [3.05, 3.63) is 46.7 Å². The summed E-state index contributed by atoms with van der Waals surface area (Å²) < 4.78 is 23.8. The molecule has 0 bridgehead atoms. The predicted octanol–water partition coefficient (Wildman–Crippen LogP) is 2.57. The zero-order chi connectivity index (χ0) is 17.1. The third-order valence-electron chi connectivity index (χ3n) is 3.71. The molecule has 1 saturated heterocycles. The van der Waals surface area contributed by atoms with Gasteiger partial charge in [-0.15, -0.1) is 10.2 Å². The molecule has 1 unspecified atom stereocenters. The Morgan fingerprint density at radius 1 is 1.29 bits per heavy atom. The molecule has 1 aliphatic rings. The second kappa shape index (κ2) is 7.00. The number of benzene rings is 1. The van der Waals surface area contributed by atoms with Gasteiger partial charge < -0.3 is 14.4 Å². The molecule has 8 heteroatoms. The predicted molar refractivity (Wildman–Crippen MR) is 84.9 cm³/mol. The first-order valence-electron chi connectivity index (χ1n) is 7.35. The number of aromatic nitrogens is 2. The first-order valence-corrected chi connectivity index (χ1v) is 7.73. The highest BCUT2D eigenvalue weighted by molar-refractivity contribution is 6.33. The van der Waals surface area contributed by atoms with Gasteiger partial charge in [-0.25, -0.2) is 4.39 Å². The number of nitrogens with zero attached hydrogens (tertiary/aromatic N) is 3. The van der Waals surface area contributed by atoms with Crippen LogP contribution in [0, 0.1) is 5.82 Å². The monoisotopic (exact) mass is 351 g/mol. The molecule has 3 rings (SSSR count). The molecule has 1 aromatic carbocycles. The molecule has 0 N–H and O–H groups in total. The molecule has 0 spiro atoms. The van der Waals surface area contributed by atoms with E-state index >= 15 is 0 Å². The van der Waals surface area contributed by atoms with Gasteiger partial charge in [0.15, 0.2) is 0 Å². The van der Waals surface area contributed by atoms with Crippen LogP contribution >= 0.6 is 11.6 Å². The maximum absolute atomic E-state index is 13.1. The van der Waals surface area contributed by atoms with Gasteiger partial charge in [0.1, 0.15) is 11.9 Å². The van der Waals surface area contributed by atoms with E-state index in [1.807, 2.05) is 0 Å². The summed E-state index contributed by atoms with van der Waals surface area (Å²) in [4.78, 5) is 14.1. The Balaban J connectivity index is 1.63. The van der Waals surface area contributed by atoms with Gasteiger partial charge in [0.25, 0.3) is 5.91 Å². The molecule has 0 radical (unpaired) electrons. The van der Waals surface area contributed by atoms with Crippen molar-refractivity contribution in [1.29, 1.82) is 0 Å². The Bertz CT molecular complexity index is 742. The van der Waals surface area contributed by atoms with Crippen LogP contribution in [0.15, 0.2) is 30.3 Å². The van der Waals surface area contributed by atoms with Gasteiger partial charge in [0.2, 0.25) is 11.8 Å². The second-order valence-electron chi connectivity index (χ2n) is 5.32. The van der Waals surface area contributed by atoms with Crippen LogP contribution < -0.4 is 9.47 Å². The smallest absolute Gasteiger partial charge is 0.255 e. The SMILES string of the molecule is COc1ccc(OC2CCN(C(=O)c3ccc(F)cc3Cl)C2)nn1. The van der Waals surface area contributed by atoms with Gasteiger partial charge >= 0.3 is 0 Å². The van der Waals surface area contributed by atoms with Gasteiger partial charge in [-0.05, 0) is 18.2 Å². The highest BCUT2D eigenvalue weighted by atomic mass is 35.5. The summed E-state index contributed by atoms with van der Waals surface area (Å²) in [7, 11) is 1.51. The van der Waals surface area contributed by atoms with E-state index in [1.54, 1.807) is 17.0 Å². The van der Waals surface area contributed by atoms with E-state index in [1.165, 1.54) is 19.2 Å². The normalized spacial score (nSPS) is 17.0. The molecule has 1 atom stereocenters. The molecule has 24 heavy (non-hydrogen) atoms. The van der Waals surface area contributed by atoms with Gasteiger partial charge in [-0.2, -0.15) is 0 Å². The number of ether oxygens (including phenoxy) is 2. The number of halogens is 2. The number of amides is 1. The summed E-state index contributed by atoms with van der Waals surface area (Å²) in [5, 5.41) is 7.83. The molecule has 1 fully saturated rings. The molecule has 1 amide bonds. The van der Waals surface area contributed by atoms with E-state index in [0.29, 0.717) is 31.3 Å². The molecule has 1 aromatic heterocycles. The van der Waals surface area contributed by atoms with Crippen molar-refractivity contribution in [1.82, 2.24) is 15.1 Å². The first-order chi connectivity index (χ1) is 11.6. The van der Waals surface area contributed by atoms with Crippen LogP contribution in [-0.4, -0.2) is 47.3 Å². The lowest BCUT2D eigenvalue weighted by Crippen LogP contribution is -2.31. The van der Waals surface area contributed by atoms with E-state index in [9.17, 15) is 9.18 Å². The fraction of sp³-hybridized carbons (Fsp3) is 0.312. The molecular weight excluding hydrogens is 337 g/mol. The third-order valence-corrected chi connectivity index (χ3v) is 4.02. The van der Waals surface area contributed by atoms with Crippen LogP contribution in [0.3, 0.4) is 0 Å². The lowest BCUT2D eigenvalue weighted by atomic mass is 10.2. The molecule has 0 saturated carbocycles. The molecule has 6 nitrogen and oxygen atoms in total. The molecule has 1 aliphatic heterocycles. The maximum Gasteiger partial charge on any atom is 0.255 e. The number of hydrogen-bond acceptors (Lipinski definition) is 5. The van der Waals surface area contributed by atoms with E-state index in [-0.39, 0.29) is 22.6 Å². The van der Waals surface area contributed by atoms with Crippen LogP contribution in [-0.2, 0) is 0 Å². The lowest BCUT2D eigenvalue weighted by Gasteiger charge is -2.17. The molecule has 2 heterocycles. The first kappa shape index (κ1) is 16.4. The van der Waals surface area contributed by atoms with Crippen LogP contribution in [0.4, 0.5) is 4.39 Å². The maximum atomic E-state index is 13.1. The standard InChI is InChI=1S/C16H15ClFN3O3/c1-23-14-4-5-15(20-19-14)24-11-6-7-21(9-11)16(22)12-3-2-10(18)8-13(12)17/h2-5,8,11H,6-7,9H2,1H3. The Hall–Kier alpha value is -2.41. The minimum atomic E-state index is -0.475. The van der Waals surface area contributed by atoms with E-state index in [0.717, 1.165) is 6.07 Å². The highest BCUT2D eigenvalue weighted by Crippen LogP contribution is 2.23. The largest absolute Gasteiger partial charge is 0.480 e. The van der Waals surface area contributed by atoms with Gasteiger partial charge in [0, 0.05) is 25.1 Å². The average Bonchev–Trinajstić information content (AvgIpc) is 3.03. The van der Waals surface area contributed by atoms with E-state index < -0.39 is 5.82 Å². The zero-order valence-electron chi connectivity index (χ0n) is 12.9. The summed E-state index contributed by atoms with van der Waals surface area (Å²) in [6.45, 7) is 0.932. The van der Waals surface area contributed by atoms with E-state index in [2.05, 4.69) is 10.2 Å². The quantitative estimate of drug-likeness (QED) is 0.847. The van der Waals surface area contributed by atoms with Crippen LogP contribution in [0.5, 0.6) is 11.8 Å². The number of rotatable bonds is 4. The molecule has 2 aromatic rings.